The third-order valence-corrected chi connectivity index (χ3v) is 5.02. The van der Waals surface area contributed by atoms with Crippen LogP contribution >= 0.6 is 11.3 Å². The Labute approximate surface area is 129 Å². The summed E-state index contributed by atoms with van der Waals surface area (Å²) in [5.41, 5.74) is 1.49. The van der Waals surface area contributed by atoms with Crippen LogP contribution in [0.2, 0.25) is 0 Å². The molecule has 0 unspecified atom stereocenters. The molecule has 0 aliphatic heterocycles. The maximum atomic E-state index is 5.48. The summed E-state index contributed by atoms with van der Waals surface area (Å²) in [6.45, 7) is 6.31. The monoisotopic (exact) mass is 305 g/mol. The van der Waals surface area contributed by atoms with Crippen LogP contribution in [0.3, 0.4) is 0 Å². The lowest BCUT2D eigenvalue weighted by Gasteiger charge is -2.13. The second-order valence-corrected chi connectivity index (χ2v) is 6.53. The van der Waals surface area contributed by atoms with E-state index in [0.29, 0.717) is 13.2 Å². The van der Waals surface area contributed by atoms with E-state index in [-0.39, 0.29) is 0 Å². The number of thiophene rings is 1. The summed E-state index contributed by atoms with van der Waals surface area (Å²) >= 11 is 1.85. The van der Waals surface area contributed by atoms with Crippen LogP contribution in [0.25, 0.3) is 10.2 Å². The quantitative estimate of drug-likeness (QED) is 0.878. The van der Waals surface area contributed by atoms with Crippen molar-refractivity contribution in [1.29, 1.82) is 0 Å². The Morgan fingerprint density at radius 3 is 2.86 bits per heavy atom. The minimum absolute atomic E-state index is 0.496. The molecule has 0 saturated carbocycles. The summed E-state index contributed by atoms with van der Waals surface area (Å²) < 4.78 is 5.48. The molecule has 1 N–H and O–H groups in total. The molecule has 0 aromatic carbocycles. The molecule has 0 amide bonds. The van der Waals surface area contributed by atoms with Crippen LogP contribution in [0.15, 0.2) is 0 Å². The second kappa shape index (κ2) is 6.71. The predicted octanol–water partition coefficient (Wildman–Crippen LogP) is 3.93. The van der Waals surface area contributed by atoms with Gasteiger partial charge >= 0.3 is 0 Å². The molecule has 0 fully saturated rings. The number of nitrogens with zero attached hydrogens (tertiary/aromatic N) is 2. The predicted molar refractivity (Wildman–Crippen MR) is 88.2 cm³/mol. The Hall–Kier alpha value is -1.20. The first-order valence-electron chi connectivity index (χ1n) is 7.96. The molecule has 0 bridgehead atoms. The highest BCUT2D eigenvalue weighted by atomic mass is 32.1. The number of fused-ring (bicyclic) bond motifs is 3. The number of rotatable bonds is 6. The van der Waals surface area contributed by atoms with E-state index in [1.165, 1.54) is 41.5 Å². The van der Waals surface area contributed by atoms with Gasteiger partial charge in [-0.05, 0) is 44.6 Å². The Kier molecular flexibility index (Phi) is 4.70. The fourth-order valence-corrected chi connectivity index (χ4v) is 4.11. The lowest BCUT2D eigenvalue weighted by atomic mass is 9.97. The highest BCUT2D eigenvalue weighted by molar-refractivity contribution is 7.19. The summed E-state index contributed by atoms with van der Waals surface area (Å²) in [5.74, 6) is 1.80. The molecule has 1 aliphatic carbocycles. The molecule has 4 nitrogen and oxygen atoms in total. The maximum absolute atomic E-state index is 5.48. The lowest BCUT2D eigenvalue weighted by molar-refractivity contribution is 0.128. The molecule has 3 rings (SSSR count). The van der Waals surface area contributed by atoms with E-state index in [4.69, 9.17) is 14.7 Å². The minimum atomic E-state index is 0.496. The number of aromatic nitrogens is 2. The van der Waals surface area contributed by atoms with Gasteiger partial charge in [-0.3, -0.25) is 0 Å². The number of aryl methyl sites for hydroxylation is 2. The van der Waals surface area contributed by atoms with Gasteiger partial charge < -0.3 is 10.1 Å². The molecule has 114 valence electrons. The van der Waals surface area contributed by atoms with E-state index >= 15 is 0 Å². The Morgan fingerprint density at radius 2 is 2.05 bits per heavy atom. The molecule has 21 heavy (non-hydrogen) atoms. The highest BCUT2D eigenvalue weighted by Gasteiger charge is 2.20. The summed E-state index contributed by atoms with van der Waals surface area (Å²) in [7, 11) is 0. The summed E-state index contributed by atoms with van der Waals surface area (Å²) in [6, 6.07) is 0. The number of hydrogen-bond donors (Lipinski definition) is 1. The van der Waals surface area contributed by atoms with Crippen LogP contribution in [0.5, 0.6) is 0 Å². The fourth-order valence-electron chi connectivity index (χ4n) is 2.83. The van der Waals surface area contributed by atoms with Crippen LogP contribution in [0.4, 0.5) is 5.82 Å². The van der Waals surface area contributed by atoms with E-state index in [2.05, 4.69) is 12.2 Å². The minimum Gasteiger partial charge on any atom is -0.374 e. The number of ether oxygens (including phenoxy) is 1. The molecule has 0 atom stereocenters. The molecular weight excluding hydrogens is 282 g/mol. The van der Waals surface area contributed by atoms with Crippen LogP contribution in [-0.2, 0) is 24.2 Å². The third-order valence-electron chi connectivity index (χ3n) is 3.84. The Balaban J connectivity index is 2.05. The van der Waals surface area contributed by atoms with Gasteiger partial charge in [0.1, 0.15) is 17.3 Å². The van der Waals surface area contributed by atoms with Gasteiger partial charge in [-0.1, -0.05) is 6.92 Å². The van der Waals surface area contributed by atoms with E-state index in [9.17, 15) is 0 Å². The standard InChI is InChI=1S/C16H23N3OS/c1-3-9-17-15-14-11-7-5-6-8-12(11)21-16(14)19-13(18-15)10-20-4-2/h3-10H2,1-2H3,(H,17,18,19). The molecule has 2 heterocycles. The summed E-state index contributed by atoms with van der Waals surface area (Å²) in [4.78, 5) is 12.1. The van der Waals surface area contributed by atoms with Crippen molar-refractivity contribution in [1.82, 2.24) is 9.97 Å². The maximum Gasteiger partial charge on any atom is 0.158 e. The van der Waals surface area contributed by atoms with Gasteiger partial charge in [0.15, 0.2) is 5.82 Å². The molecule has 5 heteroatoms. The van der Waals surface area contributed by atoms with Gasteiger partial charge in [0, 0.05) is 18.0 Å². The zero-order valence-corrected chi connectivity index (χ0v) is 13.7. The number of hydrogen-bond acceptors (Lipinski definition) is 5. The van der Waals surface area contributed by atoms with Gasteiger partial charge in [-0.25, -0.2) is 9.97 Å². The van der Waals surface area contributed by atoms with E-state index < -0.39 is 0 Å². The van der Waals surface area contributed by atoms with Crippen molar-refractivity contribution >= 4 is 27.4 Å². The Morgan fingerprint density at radius 1 is 1.19 bits per heavy atom. The first-order valence-corrected chi connectivity index (χ1v) is 8.77. The van der Waals surface area contributed by atoms with Crippen molar-refractivity contribution < 1.29 is 4.74 Å². The van der Waals surface area contributed by atoms with Crippen LogP contribution < -0.4 is 5.32 Å². The molecular formula is C16H23N3OS. The van der Waals surface area contributed by atoms with E-state index in [0.717, 1.165) is 29.4 Å². The topological polar surface area (TPSA) is 47.0 Å². The van der Waals surface area contributed by atoms with Crippen molar-refractivity contribution in [2.75, 3.05) is 18.5 Å². The first-order chi connectivity index (χ1) is 10.3. The molecule has 0 spiro atoms. The SMILES string of the molecule is CCCNc1nc(COCC)nc2sc3c(c12)CCCC3. The van der Waals surface area contributed by atoms with Crippen LogP contribution in [0, 0.1) is 0 Å². The van der Waals surface area contributed by atoms with Gasteiger partial charge in [-0.2, -0.15) is 0 Å². The summed E-state index contributed by atoms with van der Waals surface area (Å²) in [6.07, 6.45) is 6.05. The van der Waals surface area contributed by atoms with Crippen molar-refractivity contribution in [3.8, 4) is 0 Å². The lowest BCUT2D eigenvalue weighted by Crippen LogP contribution is -2.08. The third kappa shape index (κ3) is 3.04. The zero-order chi connectivity index (χ0) is 14.7. The molecule has 1 aliphatic rings. The fraction of sp³-hybridized carbons (Fsp3) is 0.625. The molecule has 0 saturated heterocycles. The zero-order valence-electron chi connectivity index (χ0n) is 12.9. The van der Waals surface area contributed by atoms with Crippen molar-refractivity contribution in [3.05, 3.63) is 16.3 Å². The highest BCUT2D eigenvalue weighted by Crippen LogP contribution is 2.38. The van der Waals surface area contributed by atoms with Crippen molar-refractivity contribution in [2.24, 2.45) is 0 Å². The molecule has 2 aromatic heterocycles. The molecule has 2 aromatic rings. The largest absolute Gasteiger partial charge is 0.374 e. The van der Waals surface area contributed by atoms with Crippen molar-refractivity contribution in [2.45, 2.75) is 52.6 Å². The van der Waals surface area contributed by atoms with E-state index in [1.54, 1.807) is 0 Å². The normalized spacial score (nSPS) is 14.4. The molecule has 0 radical (unpaired) electrons. The van der Waals surface area contributed by atoms with Crippen LogP contribution in [-0.4, -0.2) is 23.1 Å². The van der Waals surface area contributed by atoms with Gasteiger partial charge in [0.2, 0.25) is 0 Å². The van der Waals surface area contributed by atoms with Gasteiger partial charge in [-0.15, -0.1) is 11.3 Å². The smallest absolute Gasteiger partial charge is 0.158 e. The van der Waals surface area contributed by atoms with Crippen molar-refractivity contribution in [3.63, 3.8) is 0 Å². The average Bonchev–Trinajstić information content (AvgIpc) is 2.89. The van der Waals surface area contributed by atoms with Gasteiger partial charge in [0.05, 0.1) is 5.39 Å². The van der Waals surface area contributed by atoms with E-state index in [1.807, 2.05) is 18.3 Å². The number of nitrogens with one attached hydrogen (secondary N) is 1. The summed E-state index contributed by atoms with van der Waals surface area (Å²) in [5, 5.41) is 4.76. The Bertz CT molecular complexity index is 623. The number of anilines is 1. The van der Waals surface area contributed by atoms with Crippen LogP contribution in [0.1, 0.15) is 49.4 Å². The van der Waals surface area contributed by atoms with Gasteiger partial charge in [0.25, 0.3) is 0 Å². The second-order valence-electron chi connectivity index (χ2n) is 5.44. The average molecular weight is 305 g/mol. The first kappa shape index (κ1) is 14.7.